The van der Waals surface area contributed by atoms with Gasteiger partial charge in [0.1, 0.15) is 5.82 Å². The van der Waals surface area contributed by atoms with Crippen molar-refractivity contribution in [2.24, 2.45) is 5.92 Å². The highest BCUT2D eigenvalue weighted by Crippen LogP contribution is 2.22. The number of likely N-dealkylation sites (tertiary alicyclic amines) is 1. The second-order valence-corrected chi connectivity index (χ2v) is 9.86. The Morgan fingerprint density at radius 1 is 1.17 bits per heavy atom. The van der Waals surface area contributed by atoms with Gasteiger partial charge in [0.2, 0.25) is 5.91 Å². The number of piperidine rings is 1. The minimum absolute atomic E-state index is 0.0893. The van der Waals surface area contributed by atoms with Crippen LogP contribution in [0.2, 0.25) is 0 Å². The molecule has 0 bridgehead atoms. The number of imidazole rings is 1. The molecular weight excluding hydrogens is 386 g/mol. The van der Waals surface area contributed by atoms with E-state index < -0.39 is 9.84 Å². The molecule has 7 heteroatoms. The summed E-state index contributed by atoms with van der Waals surface area (Å²) in [4.78, 5) is 23.0. The predicted octanol–water partition coefficient (Wildman–Crippen LogP) is 2.99. The highest BCUT2D eigenvalue weighted by Gasteiger charge is 2.24. The quantitative estimate of drug-likeness (QED) is 0.700. The van der Waals surface area contributed by atoms with Gasteiger partial charge in [-0.05, 0) is 48.6 Å². The lowest BCUT2D eigenvalue weighted by atomic mass is 9.94. The van der Waals surface area contributed by atoms with Crippen LogP contribution >= 0.6 is 0 Å². The lowest BCUT2D eigenvalue weighted by Gasteiger charge is -2.32. The number of H-pyrrole nitrogens is 1. The first-order valence-corrected chi connectivity index (χ1v) is 11.8. The molecule has 0 radical (unpaired) electrons. The van der Waals surface area contributed by atoms with Crippen molar-refractivity contribution >= 4 is 26.8 Å². The summed E-state index contributed by atoms with van der Waals surface area (Å²) in [6, 6.07) is 14.6. The monoisotopic (exact) mass is 411 g/mol. The first kappa shape index (κ1) is 19.6. The summed E-state index contributed by atoms with van der Waals surface area (Å²) < 4.78 is 23.1. The molecule has 4 rings (SSSR count). The Bertz CT molecular complexity index is 1090. The Labute approximate surface area is 170 Å². The van der Waals surface area contributed by atoms with E-state index in [1.807, 2.05) is 29.2 Å². The second-order valence-electron chi connectivity index (χ2n) is 7.85. The van der Waals surface area contributed by atoms with E-state index in [1.165, 1.54) is 6.26 Å². The SMILES string of the molecule is CS(=O)(=O)c1ccc(CC(=O)N2CCCC(Cc3nc4ccccc4[nH]3)C2)cc1. The lowest BCUT2D eigenvalue weighted by molar-refractivity contribution is -0.132. The molecule has 1 amide bonds. The highest BCUT2D eigenvalue weighted by atomic mass is 32.2. The normalized spacial score (nSPS) is 17.6. The van der Waals surface area contributed by atoms with Crippen LogP contribution < -0.4 is 0 Å². The fourth-order valence-electron chi connectivity index (χ4n) is 3.97. The number of rotatable bonds is 5. The van der Waals surface area contributed by atoms with Crippen LogP contribution in [0, 0.1) is 5.92 Å². The summed E-state index contributed by atoms with van der Waals surface area (Å²) in [5.74, 6) is 1.45. The van der Waals surface area contributed by atoms with Gasteiger partial charge in [-0.3, -0.25) is 4.79 Å². The molecule has 0 saturated carbocycles. The number of carbonyl (C=O) groups is 1. The van der Waals surface area contributed by atoms with Gasteiger partial charge in [0.25, 0.3) is 0 Å². The van der Waals surface area contributed by atoms with Gasteiger partial charge in [0.15, 0.2) is 9.84 Å². The first-order chi connectivity index (χ1) is 13.9. The van der Waals surface area contributed by atoms with Crippen molar-refractivity contribution in [1.82, 2.24) is 14.9 Å². The van der Waals surface area contributed by atoms with Crippen LogP contribution in [0.4, 0.5) is 0 Å². The van der Waals surface area contributed by atoms with Gasteiger partial charge >= 0.3 is 0 Å². The Morgan fingerprint density at radius 3 is 2.66 bits per heavy atom. The number of nitrogens with one attached hydrogen (secondary N) is 1. The average Bonchev–Trinajstić information content (AvgIpc) is 3.10. The molecule has 1 aliphatic rings. The van der Waals surface area contributed by atoms with Crippen LogP contribution in [0.5, 0.6) is 0 Å². The molecule has 1 unspecified atom stereocenters. The van der Waals surface area contributed by atoms with Crippen LogP contribution in [0.1, 0.15) is 24.2 Å². The van der Waals surface area contributed by atoms with Crippen LogP contribution in [0.3, 0.4) is 0 Å². The summed E-state index contributed by atoms with van der Waals surface area (Å²) in [6.07, 6.45) is 4.39. The maximum atomic E-state index is 12.8. The van der Waals surface area contributed by atoms with Gasteiger partial charge in [-0.25, -0.2) is 13.4 Å². The molecule has 3 aromatic rings. The largest absolute Gasteiger partial charge is 0.342 e. The number of carbonyl (C=O) groups excluding carboxylic acids is 1. The maximum absolute atomic E-state index is 12.8. The van der Waals surface area contributed by atoms with Gasteiger partial charge in [0, 0.05) is 25.8 Å². The number of nitrogens with zero attached hydrogens (tertiary/aromatic N) is 2. The summed E-state index contributed by atoms with van der Waals surface area (Å²) in [7, 11) is -3.22. The van der Waals surface area contributed by atoms with Gasteiger partial charge in [-0.15, -0.1) is 0 Å². The van der Waals surface area contributed by atoms with Crippen LogP contribution in [0.15, 0.2) is 53.4 Å². The van der Waals surface area contributed by atoms with E-state index in [4.69, 9.17) is 0 Å². The molecular formula is C22H25N3O3S. The molecule has 29 heavy (non-hydrogen) atoms. The van der Waals surface area contributed by atoms with E-state index in [2.05, 4.69) is 9.97 Å². The van der Waals surface area contributed by atoms with Gasteiger partial charge in [-0.2, -0.15) is 0 Å². The third-order valence-electron chi connectivity index (χ3n) is 5.50. The second kappa shape index (κ2) is 7.99. The number of sulfone groups is 1. The van der Waals surface area contributed by atoms with Gasteiger partial charge in [-0.1, -0.05) is 24.3 Å². The molecule has 0 aliphatic carbocycles. The molecule has 1 N–H and O–H groups in total. The lowest BCUT2D eigenvalue weighted by Crippen LogP contribution is -2.41. The minimum atomic E-state index is -3.22. The van der Waals surface area contributed by atoms with E-state index in [1.54, 1.807) is 24.3 Å². The zero-order valence-electron chi connectivity index (χ0n) is 16.5. The maximum Gasteiger partial charge on any atom is 0.226 e. The van der Waals surface area contributed by atoms with Crippen molar-refractivity contribution in [3.8, 4) is 0 Å². The molecule has 6 nitrogen and oxygen atoms in total. The molecule has 1 fully saturated rings. The van der Waals surface area contributed by atoms with Crippen molar-refractivity contribution in [3.63, 3.8) is 0 Å². The Kier molecular flexibility index (Phi) is 5.41. The fraction of sp³-hybridized carbons (Fsp3) is 0.364. The number of fused-ring (bicyclic) bond motifs is 1. The zero-order chi connectivity index (χ0) is 20.4. The molecule has 1 aromatic heterocycles. The zero-order valence-corrected chi connectivity index (χ0v) is 17.3. The van der Waals surface area contributed by atoms with Crippen molar-refractivity contribution < 1.29 is 13.2 Å². The number of hydrogen-bond acceptors (Lipinski definition) is 4. The Balaban J connectivity index is 1.38. The average molecular weight is 412 g/mol. The molecule has 152 valence electrons. The summed E-state index contributed by atoms with van der Waals surface area (Å²) in [6.45, 7) is 1.51. The van der Waals surface area contributed by atoms with Crippen molar-refractivity contribution in [2.45, 2.75) is 30.6 Å². The highest BCUT2D eigenvalue weighted by molar-refractivity contribution is 7.90. The summed E-state index contributed by atoms with van der Waals surface area (Å²) in [5, 5.41) is 0. The number of aromatic amines is 1. The number of amides is 1. The van der Waals surface area contributed by atoms with Crippen molar-refractivity contribution in [2.75, 3.05) is 19.3 Å². The molecule has 0 spiro atoms. The summed E-state index contributed by atoms with van der Waals surface area (Å²) in [5.41, 5.74) is 2.86. The van der Waals surface area contributed by atoms with Crippen molar-refractivity contribution in [3.05, 3.63) is 59.9 Å². The molecule has 2 heterocycles. The Morgan fingerprint density at radius 2 is 1.93 bits per heavy atom. The number of para-hydroxylation sites is 2. The van der Waals surface area contributed by atoms with Gasteiger partial charge in [0.05, 0.1) is 22.3 Å². The number of aromatic nitrogens is 2. The van der Waals surface area contributed by atoms with E-state index in [-0.39, 0.29) is 10.8 Å². The van der Waals surface area contributed by atoms with E-state index in [0.29, 0.717) is 12.3 Å². The van der Waals surface area contributed by atoms with E-state index in [9.17, 15) is 13.2 Å². The third kappa shape index (κ3) is 4.67. The van der Waals surface area contributed by atoms with Crippen LogP contribution in [-0.4, -0.2) is 48.5 Å². The molecule has 1 atom stereocenters. The minimum Gasteiger partial charge on any atom is -0.342 e. The smallest absolute Gasteiger partial charge is 0.226 e. The van der Waals surface area contributed by atoms with E-state index in [0.717, 1.165) is 54.8 Å². The topological polar surface area (TPSA) is 83.1 Å². The standard InChI is InChI=1S/C22H25N3O3S/c1-29(27,28)18-10-8-16(9-11-18)14-22(26)25-12-4-5-17(15-25)13-21-23-19-6-2-3-7-20(19)24-21/h2-3,6-11,17H,4-5,12-15H2,1H3,(H,23,24). The van der Waals surface area contributed by atoms with E-state index >= 15 is 0 Å². The van der Waals surface area contributed by atoms with Gasteiger partial charge < -0.3 is 9.88 Å². The van der Waals surface area contributed by atoms with Crippen molar-refractivity contribution in [1.29, 1.82) is 0 Å². The predicted molar refractivity (Wildman–Crippen MR) is 112 cm³/mol. The van der Waals surface area contributed by atoms with Crippen LogP contribution in [-0.2, 0) is 27.5 Å². The van der Waals surface area contributed by atoms with Crippen LogP contribution in [0.25, 0.3) is 11.0 Å². The molecule has 1 saturated heterocycles. The summed E-state index contributed by atoms with van der Waals surface area (Å²) >= 11 is 0. The molecule has 2 aromatic carbocycles. The first-order valence-electron chi connectivity index (χ1n) is 9.89. The Hall–Kier alpha value is -2.67. The molecule has 1 aliphatic heterocycles. The number of benzene rings is 2. The third-order valence-corrected chi connectivity index (χ3v) is 6.63. The number of hydrogen-bond donors (Lipinski definition) is 1. The fourth-order valence-corrected chi connectivity index (χ4v) is 4.61.